The molecule has 0 saturated carbocycles. The summed E-state index contributed by atoms with van der Waals surface area (Å²) in [6.07, 6.45) is -5.45. The Morgan fingerprint density at radius 3 is 2.50 bits per heavy atom. The third kappa shape index (κ3) is 4.24. The molecule has 0 aliphatic rings. The fourth-order valence-electron chi connectivity index (χ4n) is 2.84. The second kappa shape index (κ2) is 7.73. The number of carbonyl (C=O) groups excluding carboxylic acids is 1. The first-order chi connectivity index (χ1) is 14.0. The molecular formula is C19H15F5N4O2. The molecule has 158 valence electrons. The van der Waals surface area contributed by atoms with Gasteiger partial charge in [0.1, 0.15) is 17.0 Å². The van der Waals surface area contributed by atoms with Crippen LogP contribution >= 0.6 is 0 Å². The van der Waals surface area contributed by atoms with Crippen molar-refractivity contribution >= 4 is 22.8 Å². The van der Waals surface area contributed by atoms with Crippen molar-refractivity contribution in [1.29, 1.82) is 0 Å². The summed E-state index contributed by atoms with van der Waals surface area (Å²) < 4.78 is 66.9. The second-order valence-electron chi connectivity index (χ2n) is 6.64. The quantitative estimate of drug-likeness (QED) is 0.652. The summed E-state index contributed by atoms with van der Waals surface area (Å²) in [5.74, 6) is -2.97. The van der Waals surface area contributed by atoms with Gasteiger partial charge in [0.05, 0.1) is 17.5 Å². The van der Waals surface area contributed by atoms with Gasteiger partial charge in [-0.05, 0) is 35.9 Å². The number of aromatic nitrogens is 2. The lowest BCUT2D eigenvalue weighted by Crippen LogP contribution is -2.38. The first kappa shape index (κ1) is 21.2. The molecule has 1 heterocycles. The molecular weight excluding hydrogens is 411 g/mol. The largest absolute Gasteiger partial charge is 0.416 e. The van der Waals surface area contributed by atoms with Crippen molar-refractivity contribution in [3.63, 3.8) is 0 Å². The highest BCUT2D eigenvalue weighted by Crippen LogP contribution is 2.30. The van der Waals surface area contributed by atoms with Crippen LogP contribution in [0.15, 0.2) is 41.2 Å². The number of fused-ring (bicyclic) bond motifs is 1. The molecule has 0 fully saturated rings. The van der Waals surface area contributed by atoms with Gasteiger partial charge in [0.25, 0.3) is 5.56 Å². The van der Waals surface area contributed by atoms with Gasteiger partial charge in [-0.3, -0.25) is 15.0 Å². The number of anilines is 1. The van der Waals surface area contributed by atoms with E-state index in [0.717, 1.165) is 12.1 Å². The smallest absolute Gasteiger partial charge is 0.347 e. The Balaban J connectivity index is 1.99. The van der Waals surface area contributed by atoms with E-state index in [0.29, 0.717) is 16.8 Å². The predicted octanol–water partition coefficient (Wildman–Crippen LogP) is 3.07. The average molecular weight is 426 g/mol. The van der Waals surface area contributed by atoms with Gasteiger partial charge in [0, 0.05) is 14.1 Å². The third-order valence-electron chi connectivity index (χ3n) is 4.12. The summed E-state index contributed by atoms with van der Waals surface area (Å²) in [5.41, 5.74) is -0.147. The summed E-state index contributed by atoms with van der Waals surface area (Å²) in [5, 5.41) is -0.367. The van der Waals surface area contributed by atoms with Crippen LogP contribution in [-0.2, 0) is 17.4 Å². The van der Waals surface area contributed by atoms with Gasteiger partial charge in [-0.1, -0.05) is 6.07 Å². The van der Waals surface area contributed by atoms with Crippen molar-refractivity contribution in [3.8, 4) is 0 Å². The summed E-state index contributed by atoms with van der Waals surface area (Å²) in [6, 6.07) is 5.57. The average Bonchev–Trinajstić information content (AvgIpc) is 2.62. The first-order valence-corrected chi connectivity index (χ1v) is 8.52. The molecule has 0 radical (unpaired) electrons. The number of alkyl halides is 3. The van der Waals surface area contributed by atoms with Crippen LogP contribution in [0.2, 0.25) is 0 Å². The van der Waals surface area contributed by atoms with E-state index < -0.39 is 41.3 Å². The van der Waals surface area contributed by atoms with Crippen molar-refractivity contribution in [3.05, 3.63) is 69.5 Å². The van der Waals surface area contributed by atoms with Crippen molar-refractivity contribution in [2.24, 2.45) is 0 Å². The van der Waals surface area contributed by atoms with Crippen LogP contribution in [0, 0.1) is 11.6 Å². The molecule has 30 heavy (non-hydrogen) atoms. The maximum Gasteiger partial charge on any atom is 0.416 e. The van der Waals surface area contributed by atoms with E-state index in [1.54, 1.807) is 0 Å². The lowest BCUT2D eigenvalue weighted by atomic mass is 10.1. The summed E-state index contributed by atoms with van der Waals surface area (Å²) in [4.78, 5) is 30.6. The molecule has 6 nitrogen and oxygen atoms in total. The number of nitrogens with one attached hydrogen (secondary N) is 1. The van der Waals surface area contributed by atoms with E-state index in [1.807, 2.05) is 0 Å². The zero-order valence-corrected chi connectivity index (χ0v) is 15.7. The molecule has 0 aliphatic carbocycles. The molecule has 3 aromatic rings. The Bertz CT molecular complexity index is 1190. The number of benzene rings is 2. The van der Waals surface area contributed by atoms with Gasteiger partial charge in [0.15, 0.2) is 0 Å². The molecule has 11 heteroatoms. The predicted molar refractivity (Wildman–Crippen MR) is 99.8 cm³/mol. The number of carbonyl (C=O) groups is 1. The Kier molecular flexibility index (Phi) is 5.47. The van der Waals surface area contributed by atoms with Crippen molar-refractivity contribution in [1.82, 2.24) is 9.66 Å². The zero-order chi connectivity index (χ0) is 22.2. The summed E-state index contributed by atoms with van der Waals surface area (Å²) in [6.45, 7) is 0. The molecule has 0 atom stereocenters. The molecule has 0 saturated heterocycles. The Morgan fingerprint density at radius 2 is 1.87 bits per heavy atom. The van der Waals surface area contributed by atoms with Crippen LogP contribution in [-0.4, -0.2) is 29.7 Å². The lowest BCUT2D eigenvalue weighted by Gasteiger charge is -2.19. The molecule has 1 aromatic heterocycles. The number of nitrogens with zero attached hydrogens (tertiary/aromatic N) is 3. The number of hydrogen-bond donors (Lipinski definition) is 1. The standard InChI is InChI=1S/C19H15F5N4O2/c1-27(2)18-25-14-5-3-4-13(21)16(14)17(30)28(18)26-15(29)8-10-6-11(19(22,23)24)9-12(20)7-10/h3-7,9H,8H2,1-2H3,(H,26,29). The number of halogens is 5. The summed E-state index contributed by atoms with van der Waals surface area (Å²) in [7, 11) is 3.05. The summed E-state index contributed by atoms with van der Waals surface area (Å²) >= 11 is 0. The fourth-order valence-corrected chi connectivity index (χ4v) is 2.84. The highest BCUT2D eigenvalue weighted by molar-refractivity contribution is 5.87. The zero-order valence-electron chi connectivity index (χ0n) is 15.7. The van der Waals surface area contributed by atoms with Crippen molar-refractivity contribution in [2.75, 3.05) is 24.4 Å². The van der Waals surface area contributed by atoms with E-state index in [2.05, 4.69) is 10.4 Å². The second-order valence-corrected chi connectivity index (χ2v) is 6.64. The van der Waals surface area contributed by atoms with E-state index >= 15 is 0 Å². The van der Waals surface area contributed by atoms with E-state index in [9.17, 15) is 31.5 Å². The van der Waals surface area contributed by atoms with Crippen LogP contribution in [0.4, 0.5) is 27.9 Å². The normalized spacial score (nSPS) is 11.6. The monoisotopic (exact) mass is 426 g/mol. The molecule has 0 bridgehead atoms. The van der Waals surface area contributed by atoms with E-state index in [1.165, 1.54) is 31.1 Å². The molecule has 3 rings (SSSR count). The van der Waals surface area contributed by atoms with Crippen LogP contribution in [0.1, 0.15) is 11.1 Å². The van der Waals surface area contributed by atoms with Gasteiger partial charge in [-0.15, -0.1) is 0 Å². The van der Waals surface area contributed by atoms with Crippen LogP contribution in [0.5, 0.6) is 0 Å². The lowest BCUT2D eigenvalue weighted by molar-refractivity contribution is -0.137. The van der Waals surface area contributed by atoms with Crippen LogP contribution in [0.25, 0.3) is 10.9 Å². The van der Waals surface area contributed by atoms with Gasteiger partial charge in [0.2, 0.25) is 11.9 Å². The molecule has 1 amide bonds. The molecule has 0 spiro atoms. The van der Waals surface area contributed by atoms with Crippen molar-refractivity contribution < 1.29 is 26.7 Å². The minimum absolute atomic E-state index is 0.0401. The van der Waals surface area contributed by atoms with Gasteiger partial charge < -0.3 is 4.90 Å². The minimum Gasteiger partial charge on any atom is -0.347 e. The highest BCUT2D eigenvalue weighted by atomic mass is 19.4. The number of amides is 1. The fraction of sp³-hybridized carbons (Fsp3) is 0.211. The molecule has 0 unspecified atom stereocenters. The van der Waals surface area contributed by atoms with Gasteiger partial charge in [-0.25, -0.2) is 13.8 Å². The SMILES string of the molecule is CN(C)c1nc2cccc(F)c2c(=O)n1NC(=O)Cc1cc(F)cc(C(F)(F)F)c1. The Hall–Kier alpha value is -3.50. The topological polar surface area (TPSA) is 67.2 Å². The Morgan fingerprint density at radius 1 is 1.17 bits per heavy atom. The molecule has 0 aliphatic heterocycles. The Labute approximate surface area is 166 Å². The third-order valence-corrected chi connectivity index (χ3v) is 4.12. The minimum atomic E-state index is -4.79. The number of hydrogen-bond acceptors (Lipinski definition) is 4. The van der Waals surface area contributed by atoms with Crippen LogP contribution < -0.4 is 15.9 Å². The van der Waals surface area contributed by atoms with Crippen LogP contribution in [0.3, 0.4) is 0 Å². The first-order valence-electron chi connectivity index (χ1n) is 8.52. The van der Waals surface area contributed by atoms with Gasteiger partial charge in [-0.2, -0.15) is 17.8 Å². The van der Waals surface area contributed by atoms with Gasteiger partial charge >= 0.3 is 6.18 Å². The molecule has 1 N–H and O–H groups in total. The highest BCUT2D eigenvalue weighted by Gasteiger charge is 2.31. The maximum absolute atomic E-state index is 14.1. The van der Waals surface area contributed by atoms with E-state index in [-0.39, 0.29) is 22.4 Å². The maximum atomic E-state index is 14.1. The van der Waals surface area contributed by atoms with Crippen molar-refractivity contribution in [2.45, 2.75) is 12.6 Å². The van der Waals surface area contributed by atoms with E-state index in [4.69, 9.17) is 0 Å². The number of rotatable bonds is 4. The molecule has 2 aromatic carbocycles.